The standard InChI is InChI=1S/C23H27N3O4S/c1-18(27)24-13-14-25(22(17-24)19-8-3-2-4-9-19)23(28)20-10-7-11-21(16-20)26-12-5-6-15-31(26,29)30/h2-4,7-11,16,22H,5-6,12-15,17H2,1H3/t22-/m0/s1. The maximum Gasteiger partial charge on any atom is 0.254 e. The molecule has 2 amide bonds. The molecule has 0 aliphatic carbocycles. The van der Waals surface area contributed by atoms with Crippen LogP contribution in [0.4, 0.5) is 5.69 Å². The van der Waals surface area contributed by atoms with Crippen LogP contribution in [0.3, 0.4) is 0 Å². The van der Waals surface area contributed by atoms with Crippen LogP contribution in [0.1, 0.15) is 41.7 Å². The van der Waals surface area contributed by atoms with Crippen LogP contribution >= 0.6 is 0 Å². The lowest BCUT2D eigenvalue weighted by atomic mass is 10.0. The summed E-state index contributed by atoms with van der Waals surface area (Å²) in [5.41, 5.74) is 1.95. The molecule has 0 unspecified atom stereocenters. The first-order valence-corrected chi connectivity index (χ1v) is 12.2. The Morgan fingerprint density at radius 3 is 2.42 bits per heavy atom. The van der Waals surface area contributed by atoms with E-state index in [-0.39, 0.29) is 23.6 Å². The lowest BCUT2D eigenvalue weighted by Gasteiger charge is -2.41. The summed E-state index contributed by atoms with van der Waals surface area (Å²) in [6.45, 7) is 3.31. The second-order valence-electron chi connectivity index (χ2n) is 8.04. The van der Waals surface area contributed by atoms with Crippen molar-refractivity contribution in [3.63, 3.8) is 0 Å². The first-order valence-electron chi connectivity index (χ1n) is 10.6. The van der Waals surface area contributed by atoms with Crippen molar-refractivity contribution in [2.45, 2.75) is 25.8 Å². The molecule has 0 spiro atoms. The maximum absolute atomic E-state index is 13.5. The highest BCUT2D eigenvalue weighted by molar-refractivity contribution is 7.92. The lowest BCUT2D eigenvalue weighted by Crippen LogP contribution is -2.51. The van der Waals surface area contributed by atoms with Gasteiger partial charge in [0.15, 0.2) is 0 Å². The van der Waals surface area contributed by atoms with Crippen LogP contribution in [-0.2, 0) is 14.8 Å². The van der Waals surface area contributed by atoms with E-state index in [0.717, 1.165) is 12.0 Å². The van der Waals surface area contributed by atoms with E-state index in [0.29, 0.717) is 43.9 Å². The zero-order valence-electron chi connectivity index (χ0n) is 17.6. The van der Waals surface area contributed by atoms with Gasteiger partial charge in [-0.1, -0.05) is 36.4 Å². The highest BCUT2D eigenvalue weighted by atomic mass is 32.2. The van der Waals surface area contributed by atoms with E-state index in [1.54, 1.807) is 41.0 Å². The molecule has 0 bridgehead atoms. The molecule has 8 heteroatoms. The van der Waals surface area contributed by atoms with Gasteiger partial charge in [0.25, 0.3) is 5.91 Å². The van der Waals surface area contributed by atoms with Gasteiger partial charge in [0.1, 0.15) is 0 Å². The smallest absolute Gasteiger partial charge is 0.254 e. The van der Waals surface area contributed by atoms with Crippen LogP contribution in [0.15, 0.2) is 54.6 Å². The summed E-state index contributed by atoms with van der Waals surface area (Å²) < 4.78 is 26.4. The van der Waals surface area contributed by atoms with Crippen molar-refractivity contribution in [1.29, 1.82) is 0 Å². The number of sulfonamides is 1. The largest absolute Gasteiger partial charge is 0.339 e. The van der Waals surface area contributed by atoms with E-state index in [2.05, 4.69) is 0 Å². The molecule has 2 aliphatic rings. The Bertz CT molecular complexity index is 1070. The average molecular weight is 442 g/mol. The minimum absolute atomic E-state index is 0.00895. The number of anilines is 1. The van der Waals surface area contributed by atoms with Gasteiger partial charge in [0, 0.05) is 38.7 Å². The van der Waals surface area contributed by atoms with Crippen molar-refractivity contribution < 1.29 is 18.0 Å². The Kier molecular flexibility index (Phi) is 6.00. The van der Waals surface area contributed by atoms with Gasteiger partial charge in [-0.15, -0.1) is 0 Å². The number of rotatable bonds is 3. The Labute approximate surface area is 183 Å². The number of carbonyl (C=O) groups excluding carboxylic acids is 2. The number of hydrogen-bond acceptors (Lipinski definition) is 4. The van der Waals surface area contributed by atoms with Gasteiger partial charge in [-0.05, 0) is 36.6 Å². The number of piperazine rings is 1. The fourth-order valence-electron chi connectivity index (χ4n) is 4.31. The molecule has 31 heavy (non-hydrogen) atoms. The molecule has 164 valence electrons. The van der Waals surface area contributed by atoms with Crippen LogP contribution in [0, 0.1) is 0 Å². The van der Waals surface area contributed by atoms with Crippen LogP contribution in [0.5, 0.6) is 0 Å². The lowest BCUT2D eigenvalue weighted by molar-refractivity contribution is -0.131. The fraction of sp³-hybridized carbons (Fsp3) is 0.391. The van der Waals surface area contributed by atoms with Crippen molar-refractivity contribution in [2.75, 3.05) is 36.2 Å². The summed E-state index contributed by atoms with van der Waals surface area (Å²) in [5, 5.41) is 0. The van der Waals surface area contributed by atoms with E-state index in [1.807, 2.05) is 30.3 Å². The number of carbonyl (C=O) groups is 2. The van der Waals surface area contributed by atoms with Gasteiger partial charge in [-0.3, -0.25) is 13.9 Å². The summed E-state index contributed by atoms with van der Waals surface area (Å²) >= 11 is 0. The first-order chi connectivity index (χ1) is 14.9. The van der Waals surface area contributed by atoms with Gasteiger partial charge in [0.2, 0.25) is 15.9 Å². The number of nitrogens with zero attached hydrogens (tertiary/aromatic N) is 3. The van der Waals surface area contributed by atoms with Crippen molar-refractivity contribution in [3.8, 4) is 0 Å². The molecule has 2 fully saturated rings. The third kappa shape index (κ3) is 4.44. The molecule has 0 saturated carbocycles. The van der Waals surface area contributed by atoms with E-state index in [4.69, 9.17) is 0 Å². The summed E-state index contributed by atoms with van der Waals surface area (Å²) in [4.78, 5) is 29.0. The monoisotopic (exact) mass is 441 g/mol. The minimum Gasteiger partial charge on any atom is -0.339 e. The zero-order chi connectivity index (χ0) is 22.0. The van der Waals surface area contributed by atoms with Gasteiger partial charge in [-0.2, -0.15) is 0 Å². The zero-order valence-corrected chi connectivity index (χ0v) is 18.4. The Balaban J connectivity index is 1.64. The van der Waals surface area contributed by atoms with Gasteiger partial charge in [-0.25, -0.2) is 8.42 Å². The van der Waals surface area contributed by atoms with Crippen molar-refractivity contribution in [3.05, 3.63) is 65.7 Å². The molecule has 0 aromatic heterocycles. The molecule has 4 rings (SSSR count). The maximum atomic E-state index is 13.5. The summed E-state index contributed by atoms with van der Waals surface area (Å²) in [5.74, 6) is -0.0347. The van der Waals surface area contributed by atoms with Crippen molar-refractivity contribution in [1.82, 2.24) is 9.80 Å². The third-order valence-corrected chi connectivity index (χ3v) is 7.87. The van der Waals surface area contributed by atoms with Crippen LogP contribution < -0.4 is 4.31 Å². The molecule has 1 atom stereocenters. The normalized spacial score (nSPS) is 21.1. The topological polar surface area (TPSA) is 78.0 Å². The first kappa shape index (κ1) is 21.4. The van der Waals surface area contributed by atoms with Crippen molar-refractivity contribution in [2.24, 2.45) is 0 Å². The van der Waals surface area contributed by atoms with E-state index >= 15 is 0 Å². The van der Waals surface area contributed by atoms with E-state index < -0.39 is 10.0 Å². The highest BCUT2D eigenvalue weighted by Gasteiger charge is 2.33. The molecule has 2 aromatic carbocycles. The summed E-state index contributed by atoms with van der Waals surface area (Å²) in [6.07, 6.45) is 1.47. The predicted molar refractivity (Wildman–Crippen MR) is 119 cm³/mol. The second-order valence-corrected chi connectivity index (χ2v) is 10.0. The quantitative estimate of drug-likeness (QED) is 0.734. The molecular weight excluding hydrogens is 414 g/mol. The van der Waals surface area contributed by atoms with Crippen LogP contribution in [0.2, 0.25) is 0 Å². The fourth-order valence-corrected chi connectivity index (χ4v) is 5.94. The second kappa shape index (κ2) is 8.70. The molecule has 2 saturated heterocycles. The highest BCUT2D eigenvalue weighted by Crippen LogP contribution is 2.29. The number of amides is 2. The molecule has 2 heterocycles. The third-order valence-electron chi connectivity index (χ3n) is 6.00. The summed E-state index contributed by atoms with van der Waals surface area (Å²) in [6, 6.07) is 16.3. The van der Waals surface area contributed by atoms with Gasteiger partial charge < -0.3 is 9.80 Å². The number of benzene rings is 2. The molecule has 0 N–H and O–H groups in total. The molecule has 0 radical (unpaired) electrons. The molecular formula is C23H27N3O4S. The Morgan fingerprint density at radius 2 is 1.71 bits per heavy atom. The van der Waals surface area contributed by atoms with Crippen LogP contribution in [0.25, 0.3) is 0 Å². The van der Waals surface area contributed by atoms with Crippen molar-refractivity contribution >= 4 is 27.5 Å². The molecule has 7 nitrogen and oxygen atoms in total. The van der Waals surface area contributed by atoms with E-state index in [9.17, 15) is 18.0 Å². The molecule has 2 aliphatic heterocycles. The predicted octanol–water partition coefficient (Wildman–Crippen LogP) is 2.66. The Morgan fingerprint density at radius 1 is 0.935 bits per heavy atom. The number of hydrogen-bond donors (Lipinski definition) is 0. The van der Waals surface area contributed by atoms with Crippen LogP contribution in [-0.4, -0.2) is 62.0 Å². The average Bonchev–Trinajstić information content (AvgIpc) is 2.78. The van der Waals surface area contributed by atoms with E-state index in [1.165, 1.54) is 4.31 Å². The summed E-state index contributed by atoms with van der Waals surface area (Å²) in [7, 11) is -3.35. The SMILES string of the molecule is CC(=O)N1CCN(C(=O)c2cccc(N3CCCCS3(=O)=O)c2)[C@H](c2ccccc2)C1. The minimum atomic E-state index is -3.35. The Hall–Kier alpha value is -2.87. The van der Waals surface area contributed by atoms with Gasteiger partial charge >= 0.3 is 0 Å². The molecule has 2 aromatic rings. The van der Waals surface area contributed by atoms with Gasteiger partial charge in [0.05, 0.1) is 17.5 Å².